The highest BCUT2D eigenvalue weighted by molar-refractivity contribution is 6.34. The zero-order chi connectivity index (χ0) is 22.0. The quantitative estimate of drug-likeness (QED) is 0.756. The Morgan fingerprint density at radius 1 is 1.26 bits per heavy atom. The van der Waals surface area contributed by atoms with E-state index >= 15 is 0 Å². The number of allylic oxidation sites excluding steroid dienone is 6. The van der Waals surface area contributed by atoms with E-state index in [2.05, 4.69) is 15.3 Å². The third-order valence-electron chi connectivity index (χ3n) is 5.12. The van der Waals surface area contributed by atoms with Gasteiger partial charge in [-0.05, 0) is 42.0 Å². The van der Waals surface area contributed by atoms with E-state index in [0.29, 0.717) is 21.9 Å². The highest BCUT2D eigenvalue weighted by Gasteiger charge is 2.34. The van der Waals surface area contributed by atoms with Crippen LogP contribution >= 0.6 is 23.2 Å². The van der Waals surface area contributed by atoms with Crippen molar-refractivity contribution in [1.29, 1.82) is 0 Å². The third kappa shape index (κ3) is 4.31. The summed E-state index contributed by atoms with van der Waals surface area (Å²) in [5.41, 5.74) is 2.13. The summed E-state index contributed by atoms with van der Waals surface area (Å²) in [5.74, 6) is -1.07. The average molecular weight is 453 g/mol. The average Bonchev–Trinajstić information content (AvgIpc) is 3.09. The second-order valence-electron chi connectivity index (χ2n) is 7.09. The van der Waals surface area contributed by atoms with Crippen LogP contribution in [0.2, 0.25) is 0 Å². The van der Waals surface area contributed by atoms with Gasteiger partial charge in [0.25, 0.3) is 11.8 Å². The van der Waals surface area contributed by atoms with Crippen molar-refractivity contribution in [3.8, 4) is 0 Å². The Bertz CT molecular complexity index is 1140. The van der Waals surface area contributed by atoms with Crippen LogP contribution in [0.3, 0.4) is 0 Å². The molecule has 2 amide bonds. The fraction of sp³-hybridized carbons (Fsp3) is 0.130. The van der Waals surface area contributed by atoms with Gasteiger partial charge in [-0.1, -0.05) is 35.4 Å². The Kier molecular flexibility index (Phi) is 6.02. The zero-order valence-electron chi connectivity index (χ0n) is 16.5. The van der Waals surface area contributed by atoms with Crippen LogP contribution in [0.1, 0.15) is 10.4 Å². The molecule has 156 valence electrons. The molecule has 6 nitrogen and oxygen atoms in total. The first-order valence-corrected chi connectivity index (χ1v) is 10.3. The third-order valence-corrected chi connectivity index (χ3v) is 5.81. The molecule has 3 heterocycles. The first-order chi connectivity index (χ1) is 15.0. The van der Waals surface area contributed by atoms with Crippen LogP contribution in [0.5, 0.6) is 0 Å². The first-order valence-electron chi connectivity index (χ1n) is 9.51. The molecule has 3 aliphatic rings. The normalized spacial score (nSPS) is 22.9. The van der Waals surface area contributed by atoms with Crippen molar-refractivity contribution in [3.63, 3.8) is 0 Å². The number of fused-ring (bicyclic) bond motifs is 1. The van der Waals surface area contributed by atoms with Gasteiger partial charge in [-0.15, -0.1) is 0 Å². The van der Waals surface area contributed by atoms with Crippen LogP contribution in [-0.2, 0) is 4.79 Å². The van der Waals surface area contributed by atoms with Gasteiger partial charge >= 0.3 is 0 Å². The summed E-state index contributed by atoms with van der Waals surface area (Å²) >= 11 is 13.1. The van der Waals surface area contributed by atoms with Gasteiger partial charge in [0.1, 0.15) is 0 Å². The molecular weight excluding hydrogens is 435 g/mol. The van der Waals surface area contributed by atoms with Crippen LogP contribution in [0, 0.1) is 5.92 Å². The van der Waals surface area contributed by atoms with Crippen molar-refractivity contribution in [1.82, 2.24) is 15.2 Å². The highest BCUT2D eigenvalue weighted by Crippen LogP contribution is 2.36. The molecule has 1 N–H and O–H groups in total. The number of rotatable bonds is 3. The predicted molar refractivity (Wildman–Crippen MR) is 122 cm³/mol. The molecule has 0 bridgehead atoms. The lowest BCUT2D eigenvalue weighted by Crippen LogP contribution is -2.42. The molecule has 2 aliphatic heterocycles. The number of likely N-dealkylation sites (N-methyl/N-ethyl adjacent to an activating group) is 1. The Balaban J connectivity index is 1.64. The van der Waals surface area contributed by atoms with Gasteiger partial charge in [-0.3, -0.25) is 19.6 Å². The van der Waals surface area contributed by atoms with Crippen LogP contribution in [-0.4, -0.2) is 41.0 Å². The largest absolute Gasteiger partial charge is 0.331 e. The summed E-state index contributed by atoms with van der Waals surface area (Å²) in [6, 6.07) is 3.13. The number of hydrogen-bond donors (Lipinski definition) is 1. The SMILES string of the molecule is CN1C(=O)C(C2C=C(Cl)C(NC(=O)c3cccnc3)=CC=C2Cl)=CC2=CN=CC=CC21. The number of aromatic nitrogens is 1. The fourth-order valence-electron chi connectivity index (χ4n) is 3.48. The van der Waals surface area contributed by atoms with Crippen molar-refractivity contribution >= 4 is 41.2 Å². The van der Waals surface area contributed by atoms with Crippen LogP contribution in [0.15, 0.2) is 99.1 Å². The number of pyridine rings is 1. The summed E-state index contributed by atoms with van der Waals surface area (Å²) in [4.78, 5) is 35.4. The minimum absolute atomic E-state index is 0.159. The Labute approximate surface area is 189 Å². The Morgan fingerprint density at radius 2 is 2.10 bits per heavy atom. The second kappa shape index (κ2) is 8.88. The summed E-state index contributed by atoms with van der Waals surface area (Å²) in [5, 5.41) is 3.45. The lowest BCUT2D eigenvalue weighted by Gasteiger charge is -2.33. The maximum Gasteiger partial charge on any atom is 0.257 e. The minimum Gasteiger partial charge on any atom is -0.331 e. The monoisotopic (exact) mass is 452 g/mol. The van der Waals surface area contributed by atoms with E-state index in [1.54, 1.807) is 67.0 Å². The fourth-order valence-corrected chi connectivity index (χ4v) is 3.96. The van der Waals surface area contributed by atoms with Crippen molar-refractivity contribution < 1.29 is 9.59 Å². The van der Waals surface area contributed by atoms with Gasteiger partial charge in [-0.25, -0.2) is 0 Å². The number of amides is 2. The van der Waals surface area contributed by atoms with Gasteiger partial charge in [0.2, 0.25) is 0 Å². The Hall–Kier alpha value is -3.22. The van der Waals surface area contributed by atoms with Crippen molar-refractivity contribution in [2.24, 2.45) is 10.9 Å². The van der Waals surface area contributed by atoms with E-state index in [4.69, 9.17) is 23.2 Å². The summed E-state index contributed by atoms with van der Waals surface area (Å²) in [7, 11) is 1.74. The van der Waals surface area contributed by atoms with Crippen LogP contribution in [0.25, 0.3) is 0 Å². The minimum atomic E-state index is -0.564. The summed E-state index contributed by atoms with van der Waals surface area (Å²) in [6.45, 7) is 0. The van der Waals surface area contributed by atoms with Gasteiger partial charge in [0.15, 0.2) is 0 Å². The van der Waals surface area contributed by atoms with Crippen LogP contribution < -0.4 is 5.32 Å². The molecule has 0 aromatic carbocycles. The van der Waals surface area contributed by atoms with Gasteiger partial charge in [0.05, 0.1) is 22.3 Å². The standard InChI is InChI=1S/C23H18Cl2N4O2/c1-29-21-5-3-9-27-13-15(21)10-17(23(29)31)16-11-19(25)20(7-6-18(16)24)28-22(30)14-4-2-8-26-12-14/h2-13,16,21H,1H3,(H,28,30). The van der Waals surface area contributed by atoms with E-state index < -0.39 is 5.92 Å². The van der Waals surface area contributed by atoms with Gasteiger partial charge < -0.3 is 10.2 Å². The molecule has 0 fully saturated rings. The number of halogens is 2. The molecule has 1 aliphatic carbocycles. The molecule has 0 radical (unpaired) electrons. The lowest BCUT2D eigenvalue weighted by molar-refractivity contribution is -0.127. The van der Waals surface area contributed by atoms with Crippen LogP contribution in [0.4, 0.5) is 0 Å². The predicted octanol–water partition coefficient (Wildman–Crippen LogP) is 3.86. The van der Waals surface area contributed by atoms with E-state index in [0.717, 1.165) is 5.57 Å². The zero-order valence-corrected chi connectivity index (χ0v) is 18.0. The molecule has 2 atom stereocenters. The number of nitrogens with one attached hydrogen (secondary N) is 1. The lowest BCUT2D eigenvalue weighted by atomic mass is 9.88. The molecular formula is C23H18Cl2N4O2. The molecule has 8 heteroatoms. The topological polar surface area (TPSA) is 74.7 Å². The van der Waals surface area contributed by atoms with E-state index in [1.807, 2.05) is 12.2 Å². The maximum atomic E-state index is 13.1. The Morgan fingerprint density at radius 3 is 2.87 bits per heavy atom. The summed E-state index contributed by atoms with van der Waals surface area (Å²) in [6.07, 6.45) is 16.9. The maximum absolute atomic E-state index is 13.1. The number of nitrogens with zero attached hydrogens (tertiary/aromatic N) is 3. The molecule has 2 unspecified atom stereocenters. The number of aliphatic imine (C=N–C) groups is 1. The van der Waals surface area contributed by atoms with E-state index in [9.17, 15) is 9.59 Å². The number of carbonyl (C=O) groups excluding carboxylic acids is 2. The summed E-state index contributed by atoms with van der Waals surface area (Å²) < 4.78 is 0. The van der Waals surface area contributed by atoms with E-state index in [1.165, 1.54) is 6.20 Å². The van der Waals surface area contributed by atoms with Crippen molar-refractivity contribution in [2.45, 2.75) is 6.04 Å². The second-order valence-corrected chi connectivity index (χ2v) is 7.94. The molecule has 1 aromatic heterocycles. The molecule has 0 saturated heterocycles. The van der Waals surface area contributed by atoms with Crippen molar-refractivity contribution in [2.75, 3.05) is 7.05 Å². The smallest absolute Gasteiger partial charge is 0.257 e. The molecule has 4 rings (SSSR count). The first kappa shape index (κ1) is 21.0. The van der Waals surface area contributed by atoms with E-state index in [-0.39, 0.29) is 22.9 Å². The molecule has 1 aromatic rings. The molecule has 0 spiro atoms. The number of carbonyl (C=O) groups is 2. The van der Waals surface area contributed by atoms with Crippen molar-refractivity contribution in [3.05, 3.63) is 99.7 Å². The molecule has 31 heavy (non-hydrogen) atoms. The van der Waals surface area contributed by atoms with Gasteiger partial charge in [0, 0.05) is 48.4 Å². The highest BCUT2D eigenvalue weighted by atomic mass is 35.5. The number of hydrogen-bond acceptors (Lipinski definition) is 4. The molecule has 0 saturated carbocycles. The van der Waals surface area contributed by atoms with Gasteiger partial charge in [-0.2, -0.15) is 0 Å².